The summed E-state index contributed by atoms with van der Waals surface area (Å²) < 4.78 is 11.7. The number of aryl methyl sites for hydroxylation is 1. The lowest BCUT2D eigenvalue weighted by Gasteiger charge is -2.44. The molecule has 4 aliphatic rings. The third kappa shape index (κ3) is 5.55. The van der Waals surface area contributed by atoms with Crippen molar-refractivity contribution in [1.29, 1.82) is 0 Å². The van der Waals surface area contributed by atoms with E-state index in [4.69, 9.17) is 9.15 Å². The molecule has 2 unspecified atom stereocenters. The number of amides is 1. The Morgan fingerprint density at radius 2 is 1.65 bits per heavy atom. The molecule has 1 N–H and O–H groups in total. The van der Waals surface area contributed by atoms with Gasteiger partial charge in [0.2, 0.25) is 11.8 Å². The molecule has 3 aliphatic carbocycles. The van der Waals surface area contributed by atoms with Crippen LogP contribution in [0.3, 0.4) is 0 Å². The summed E-state index contributed by atoms with van der Waals surface area (Å²) in [6.07, 6.45) is 7.30. The predicted molar refractivity (Wildman–Crippen MR) is 152 cm³/mol. The van der Waals surface area contributed by atoms with E-state index in [0.717, 1.165) is 47.5 Å². The zero-order valence-corrected chi connectivity index (χ0v) is 22.9. The van der Waals surface area contributed by atoms with Gasteiger partial charge in [0.25, 0.3) is 0 Å². The van der Waals surface area contributed by atoms with E-state index < -0.39 is 5.97 Å². The molecule has 2 atom stereocenters. The zero-order valence-electron chi connectivity index (χ0n) is 22.9. The molecule has 40 heavy (non-hydrogen) atoms. The van der Waals surface area contributed by atoms with Crippen molar-refractivity contribution in [1.82, 2.24) is 9.88 Å². The van der Waals surface area contributed by atoms with Crippen LogP contribution in [0, 0.1) is 30.6 Å². The molecule has 1 aromatic heterocycles. The first kappa shape index (κ1) is 26.4. The highest BCUT2D eigenvalue weighted by molar-refractivity contribution is 5.98. The van der Waals surface area contributed by atoms with Crippen molar-refractivity contribution < 1.29 is 23.8 Å². The Kier molecular flexibility index (Phi) is 7.46. The quantitative estimate of drug-likeness (QED) is 0.334. The van der Waals surface area contributed by atoms with Crippen LogP contribution in [0.2, 0.25) is 0 Å². The van der Waals surface area contributed by atoms with Crippen molar-refractivity contribution in [3.8, 4) is 17.2 Å². The highest BCUT2D eigenvalue weighted by atomic mass is 16.5. The van der Waals surface area contributed by atoms with Gasteiger partial charge in [0.1, 0.15) is 11.5 Å². The fraction of sp³-hybridized carbons (Fsp3) is 0.424. The van der Waals surface area contributed by atoms with Crippen LogP contribution in [0.15, 0.2) is 64.6 Å². The molecule has 3 aromatic rings. The molecule has 2 bridgehead atoms. The monoisotopic (exact) mass is 540 g/mol. The second kappa shape index (κ2) is 11.3. The molecule has 4 fully saturated rings. The largest absolute Gasteiger partial charge is 0.493 e. The molecule has 2 heterocycles. The van der Waals surface area contributed by atoms with Crippen LogP contribution in [0.1, 0.15) is 49.1 Å². The molecule has 7 nitrogen and oxygen atoms in total. The van der Waals surface area contributed by atoms with Crippen LogP contribution in [-0.2, 0) is 16.0 Å². The summed E-state index contributed by atoms with van der Waals surface area (Å²) in [5.41, 5.74) is 2.64. The minimum Gasteiger partial charge on any atom is -0.493 e. The van der Waals surface area contributed by atoms with Crippen LogP contribution in [0.4, 0.5) is 0 Å². The van der Waals surface area contributed by atoms with Gasteiger partial charge in [-0.3, -0.25) is 4.79 Å². The predicted octanol–water partition coefficient (Wildman–Crippen LogP) is 6.02. The van der Waals surface area contributed by atoms with E-state index in [-0.39, 0.29) is 17.9 Å². The smallest absolute Gasteiger partial charge is 0.332 e. The number of likely N-dealkylation sites (tertiary alicyclic amines) is 1. The number of nitrogens with zero attached hydrogens (tertiary/aromatic N) is 2. The Morgan fingerprint density at radius 1 is 1.00 bits per heavy atom. The van der Waals surface area contributed by atoms with Crippen molar-refractivity contribution in [3.63, 3.8) is 0 Å². The van der Waals surface area contributed by atoms with Crippen LogP contribution < -0.4 is 4.74 Å². The van der Waals surface area contributed by atoms with Crippen LogP contribution in [-0.4, -0.2) is 46.6 Å². The lowest BCUT2D eigenvalue weighted by Crippen LogP contribution is -2.38. The second-order valence-corrected chi connectivity index (χ2v) is 11.5. The molecular weight excluding hydrogens is 504 g/mol. The van der Waals surface area contributed by atoms with E-state index in [1.54, 1.807) is 6.08 Å². The number of carboxylic acid groups (broad SMARTS) is 1. The van der Waals surface area contributed by atoms with E-state index in [9.17, 15) is 14.7 Å². The average Bonchev–Trinajstić information content (AvgIpc) is 3.60. The summed E-state index contributed by atoms with van der Waals surface area (Å²) in [5, 5.41) is 9.83. The number of benzene rings is 2. The lowest BCUT2D eigenvalue weighted by molar-refractivity contribution is -0.136. The SMILES string of the molecule is Cc1oc(-c2ccccc2)nc1CCOc1ccc(/C=C(\CC(=O)N2CC3C4CCC(CC4)C3C2)C(=O)O)cc1. The van der Waals surface area contributed by atoms with Gasteiger partial charge in [0.15, 0.2) is 0 Å². The number of hydrogen-bond acceptors (Lipinski definition) is 5. The van der Waals surface area contributed by atoms with E-state index in [1.807, 2.05) is 66.4 Å². The van der Waals surface area contributed by atoms with Gasteiger partial charge in [0, 0.05) is 30.6 Å². The molecule has 208 valence electrons. The standard InChI is InChI=1S/C33H36N2O5/c1-21-30(34-32(40-21)25-5-3-2-4-6-25)15-16-39-27-13-7-22(8-14-27)17-26(33(37)38)18-31(36)35-19-28-23-9-10-24(12-11-23)29(28)20-35/h2-8,13-14,17,23-24,28-29H,9-12,15-16,18-20H2,1H3,(H,37,38)/b26-17+. The maximum Gasteiger partial charge on any atom is 0.332 e. The fourth-order valence-corrected chi connectivity index (χ4v) is 7.01. The number of ether oxygens (including phenoxy) is 1. The topological polar surface area (TPSA) is 92.9 Å². The highest BCUT2D eigenvalue weighted by Crippen LogP contribution is 2.51. The van der Waals surface area contributed by atoms with Gasteiger partial charge in [-0.15, -0.1) is 0 Å². The van der Waals surface area contributed by atoms with Gasteiger partial charge in [-0.25, -0.2) is 9.78 Å². The minimum absolute atomic E-state index is 0.0685. The fourth-order valence-electron chi connectivity index (χ4n) is 7.01. The summed E-state index contributed by atoms with van der Waals surface area (Å²) >= 11 is 0. The summed E-state index contributed by atoms with van der Waals surface area (Å²) in [6, 6.07) is 17.1. The first-order valence-electron chi connectivity index (χ1n) is 14.4. The maximum atomic E-state index is 13.1. The Balaban J connectivity index is 1.03. The summed E-state index contributed by atoms with van der Waals surface area (Å²) in [7, 11) is 0. The molecule has 2 aromatic carbocycles. The summed E-state index contributed by atoms with van der Waals surface area (Å²) in [6.45, 7) is 3.93. The number of hydrogen-bond donors (Lipinski definition) is 1. The molecule has 0 radical (unpaired) electrons. The highest BCUT2D eigenvalue weighted by Gasteiger charge is 2.49. The average molecular weight is 541 g/mol. The first-order chi connectivity index (χ1) is 19.4. The Labute approximate surface area is 234 Å². The molecule has 7 heteroatoms. The minimum atomic E-state index is -1.05. The number of fused-ring (bicyclic) bond motifs is 2. The van der Waals surface area contributed by atoms with Crippen molar-refractivity contribution in [2.75, 3.05) is 19.7 Å². The van der Waals surface area contributed by atoms with Crippen LogP contribution >= 0.6 is 0 Å². The van der Waals surface area contributed by atoms with Crippen molar-refractivity contribution in [3.05, 3.63) is 77.2 Å². The van der Waals surface area contributed by atoms with Gasteiger partial charge in [-0.1, -0.05) is 30.3 Å². The van der Waals surface area contributed by atoms with Gasteiger partial charge < -0.3 is 19.2 Å². The van der Waals surface area contributed by atoms with Gasteiger partial charge in [-0.2, -0.15) is 0 Å². The molecule has 1 aliphatic heterocycles. The van der Waals surface area contributed by atoms with Gasteiger partial charge in [0.05, 0.1) is 18.7 Å². The Hall–Kier alpha value is -3.87. The zero-order chi connectivity index (χ0) is 27.6. The van der Waals surface area contributed by atoms with Crippen molar-refractivity contribution in [2.45, 2.75) is 45.4 Å². The van der Waals surface area contributed by atoms with Crippen molar-refractivity contribution in [2.24, 2.45) is 23.7 Å². The number of aromatic nitrogens is 1. The van der Waals surface area contributed by atoms with E-state index in [0.29, 0.717) is 36.5 Å². The van der Waals surface area contributed by atoms with Crippen LogP contribution in [0.25, 0.3) is 17.5 Å². The van der Waals surface area contributed by atoms with Crippen molar-refractivity contribution >= 4 is 18.0 Å². The molecular formula is C33H36N2O5. The second-order valence-electron chi connectivity index (χ2n) is 11.5. The van der Waals surface area contributed by atoms with Gasteiger partial charge >= 0.3 is 5.97 Å². The van der Waals surface area contributed by atoms with Gasteiger partial charge in [-0.05, 0) is 92.2 Å². The Morgan fingerprint density at radius 3 is 2.27 bits per heavy atom. The lowest BCUT2D eigenvalue weighted by atomic mass is 9.60. The number of carbonyl (C=O) groups excluding carboxylic acids is 1. The molecule has 3 saturated carbocycles. The Bertz CT molecular complexity index is 1370. The summed E-state index contributed by atoms with van der Waals surface area (Å²) in [4.78, 5) is 31.7. The normalized spacial score (nSPS) is 23.7. The third-order valence-electron chi connectivity index (χ3n) is 9.15. The van der Waals surface area contributed by atoms with E-state index >= 15 is 0 Å². The molecule has 7 rings (SSSR count). The first-order valence-corrected chi connectivity index (χ1v) is 14.4. The number of rotatable bonds is 9. The molecule has 0 spiro atoms. The van der Waals surface area contributed by atoms with Crippen LogP contribution in [0.5, 0.6) is 5.75 Å². The number of oxazole rings is 1. The summed E-state index contributed by atoms with van der Waals surface area (Å²) in [5.74, 6) is 3.66. The number of aliphatic carboxylic acids is 1. The van der Waals surface area contributed by atoms with E-state index in [2.05, 4.69) is 4.98 Å². The number of carbonyl (C=O) groups is 2. The maximum absolute atomic E-state index is 13.1. The molecule has 1 amide bonds. The molecule has 1 saturated heterocycles. The van der Waals surface area contributed by atoms with E-state index in [1.165, 1.54) is 25.7 Å². The third-order valence-corrected chi connectivity index (χ3v) is 9.15. The number of carboxylic acids is 1.